The van der Waals surface area contributed by atoms with Crippen LogP contribution in [0.3, 0.4) is 0 Å². The second kappa shape index (κ2) is 30.1. The summed E-state index contributed by atoms with van der Waals surface area (Å²) in [6.07, 6.45) is 4.75. The average Bonchev–Trinajstić information content (AvgIpc) is 1.59. The molecule has 5 N–H and O–H groups in total. The first-order valence-corrected chi connectivity index (χ1v) is 36.4. The fourth-order valence-electron chi connectivity index (χ4n) is 11.1. The van der Waals surface area contributed by atoms with Crippen LogP contribution in [0, 0.1) is 13.8 Å². The monoisotopic (exact) mass is 1390 g/mol. The Morgan fingerprint density at radius 1 is 0.713 bits per heavy atom. The zero-order chi connectivity index (χ0) is 67.7. The van der Waals surface area contributed by atoms with Crippen molar-refractivity contribution in [2.45, 2.75) is 83.0 Å². The smallest absolute Gasteiger partial charge is 0.426 e. The number of piperazine rings is 1. The van der Waals surface area contributed by atoms with Gasteiger partial charge in [0.2, 0.25) is 11.8 Å². The number of pyridine rings is 1. The van der Waals surface area contributed by atoms with Gasteiger partial charge in [0.05, 0.1) is 27.6 Å². The van der Waals surface area contributed by atoms with Gasteiger partial charge in [-0.1, -0.05) is 95.7 Å². The normalized spacial score (nSPS) is 14.4. The number of fused-ring (bicyclic) bond motifs is 3. The minimum absolute atomic E-state index is 0.00879. The molecular weight excluding hydrogens is 1320 g/mol. The third-order valence-corrected chi connectivity index (χ3v) is 19.8. The van der Waals surface area contributed by atoms with Crippen molar-refractivity contribution in [2.24, 2.45) is 0 Å². The lowest BCUT2D eigenvalue weighted by Gasteiger charge is -2.37. The standard InChI is InChI=1S/C62H70ClN9O18S4/c1-40-44(36-88-59-30-58(87-35-43-28-47(33-64-31-43)91(4,76)77)45(29-55(59)63)32-66-56(39-93(81,82)83)60(73)65-20-27-92(78,79)80)12-9-17-48(40)49-18-10-19-57(41(49)2)89-37-46-34-71(68-67-46)22-11-21-69-23-25-70(26-24-69)61(74)42(3)72(94(84,85)86)62(75)90-38-54-52-15-7-5-13-50(52)51-14-6-8-16-53(51)54/h5-10,12-19,28-31,33-34,42,54,56,66H,11,20-27,32,35-39H2,1-4H3,(H,65,73)(H,78,79,80)(H,81,82,83)(H,84,85,86)/t42-,56+/m1/s1. The third kappa shape index (κ3) is 18.2. The van der Waals surface area contributed by atoms with Gasteiger partial charge in [0.25, 0.3) is 20.2 Å². The molecule has 0 radical (unpaired) electrons. The molecule has 0 bridgehead atoms. The number of benzene rings is 5. The number of nitrogens with zero attached hydrogens (tertiary/aromatic N) is 7. The van der Waals surface area contributed by atoms with E-state index in [1.807, 2.05) is 98.8 Å². The lowest BCUT2D eigenvalue weighted by atomic mass is 9.93. The van der Waals surface area contributed by atoms with Gasteiger partial charge >= 0.3 is 16.4 Å². The summed E-state index contributed by atoms with van der Waals surface area (Å²) in [4.78, 5) is 47.7. The summed E-state index contributed by atoms with van der Waals surface area (Å²) in [5, 5.41) is 13.6. The number of aromatic nitrogens is 4. The summed E-state index contributed by atoms with van der Waals surface area (Å²) < 4.78 is 151. The van der Waals surface area contributed by atoms with Crippen LogP contribution in [0.1, 0.15) is 63.9 Å². The molecular formula is C62H70ClN9O18S4. The molecule has 1 aliphatic carbocycles. The molecule has 0 saturated carbocycles. The second-order valence-electron chi connectivity index (χ2n) is 22.6. The van der Waals surface area contributed by atoms with Crippen LogP contribution in [0.2, 0.25) is 5.02 Å². The number of aryl methyl sites for hydroxylation is 1. The van der Waals surface area contributed by atoms with Gasteiger partial charge in [-0.05, 0) is 95.5 Å². The molecule has 0 spiro atoms. The molecule has 32 heteroatoms. The highest BCUT2D eigenvalue weighted by Crippen LogP contribution is 2.45. The van der Waals surface area contributed by atoms with E-state index in [-0.39, 0.29) is 83.3 Å². The van der Waals surface area contributed by atoms with Crippen LogP contribution in [0.5, 0.6) is 17.2 Å². The SMILES string of the molecule is Cc1c(COc2cc(OCc3cncc(S(C)(=O)=O)c3)c(CN[C@@H](CS(=O)(=O)O)C(=O)NCCS(=O)(=O)O)cc2Cl)cccc1-c1cccc(OCc2cn(CCCN3CCN(C(=O)[C@@H](C)N(C(=O)OCC4c5ccccc5-c5ccccc54)S(=O)(=O)O)CC3)nn2)c1C. The number of carbonyl (C=O) groups excluding carboxylic acids is 3. The van der Waals surface area contributed by atoms with E-state index < -0.39 is 88.4 Å². The molecule has 3 heterocycles. The number of hydrogen-bond acceptors (Lipinski definition) is 20. The highest BCUT2D eigenvalue weighted by molar-refractivity contribution is 7.90. The lowest BCUT2D eigenvalue weighted by molar-refractivity contribution is -0.136. The maximum Gasteiger partial charge on any atom is 0.426 e. The van der Waals surface area contributed by atoms with Crippen LogP contribution in [0.15, 0.2) is 127 Å². The topological polar surface area (TPSA) is 363 Å². The number of rotatable bonds is 29. The highest BCUT2D eigenvalue weighted by atomic mass is 35.5. The van der Waals surface area contributed by atoms with Crippen LogP contribution in [0.4, 0.5) is 4.79 Å². The fraction of sp³-hybridized carbons (Fsp3) is 0.355. The van der Waals surface area contributed by atoms with E-state index in [2.05, 4.69) is 30.8 Å². The van der Waals surface area contributed by atoms with Crippen LogP contribution < -0.4 is 24.8 Å². The van der Waals surface area contributed by atoms with Crippen LogP contribution >= 0.6 is 11.6 Å². The molecule has 2 aliphatic rings. The molecule has 502 valence electrons. The van der Waals surface area contributed by atoms with Gasteiger partial charge in [-0.3, -0.25) is 37.8 Å². The number of nitrogens with one attached hydrogen (secondary N) is 2. The molecule has 3 amide bonds. The van der Waals surface area contributed by atoms with Crippen molar-refractivity contribution >= 4 is 69.9 Å². The lowest BCUT2D eigenvalue weighted by Crippen LogP contribution is -2.56. The Kier molecular flexibility index (Phi) is 22.5. The van der Waals surface area contributed by atoms with Gasteiger partial charge in [0.1, 0.15) is 61.5 Å². The van der Waals surface area contributed by atoms with E-state index in [1.165, 1.54) is 42.4 Å². The molecule has 7 aromatic rings. The van der Waals surface area contributed by atoms with Crippen molar-refractivity contribution < 1.29 is 80.7 Å². The average molecular weight is 1390 g/mol. The molecule has 94 heavy (non-hydrogen) atoms. The summed E-state index contributed by atoms with van der Waals surface area (Å²) in [6, 6.07) is 27.8. The molecule has 9 rings (SSSR count). The number of sulfone groups is 1. The van der Waals surface area contributed by atoms with Gasteiger partial charge < -0.3 is 34.5 Å². The molecule has 1 fully saturated rings. The van der Waals surface area contributed by atoms with Crippen LogP contribution in [0.25, 0.3) is 22.3 Å². The number of halogens is 1. The van der Waals surface area contributed by atoms with E-state index in [1.54, 1.807) is 10.9 Å². The Morgan fingerprint density at radius 3 is 2.01 bits per heavy atom. The number of amides is 3. The maximum atomic E-state index is 13.7. The summed E-state index contributed by atoms with van der Waals surface area (Å²) in [6.45, 7) is 6.61. The van der Waals surface area contributed by atoms with Gasteiger partial charge in [-0.2, -0.15) is 29.6 Å². The zero-order valence-electron chi connectivity index (χ0n) is 51.5. The van der Waals surface area contributed by atoms with Gasteiger partial charge in [-0.25, -0.2) is 13.2 Å². The Morgan fingerprint density at radius 2 is 1.35 bits per heavy atom. The second-order valence-corrected chi connectivity index (χ2v) is 29.4. The largest absolute Gasteiger partial charge is 0.488 e. The van der Waals surface area contributed by atoms with E-state index in [0.29, 0.717) is 49.6 Å². The predicted molar refractivity (Wildman–Crippen MR) is 345 cm³/mol. The van der Waals surface area contributed by atoms with Gasteiger partial charge in [0.15, 0.2) is 9.84 Å². The first-order chi connectivity index (χ1) is 44.5. The molecule has 2 aromatic heterocycles. The molecule has 1 saturated heterocycles. The Balaban J connectivity index is 0.776. The number of ether oxygens (including phenoxy) is 4. The molecule has 5 aromatic carbocycles. The van der Waals surface area contributed by atoms with Crippen LogP contribution in [-0.4, -0.2) is 175 Å². The predicted octanol–water partition coefficient (Wildman–Crippen LogP) is 6.08. The van der Waals surface area contributed by atoms with Gasteiger partial charge in [0, 0.05) is 94.1 Å². The molecule has 1 aliphatic heterocycles. The molecule has 2 atom stereocenters. The van der Waals surface area contributed by atoms with Crippen molar-refractivity contribution in [3.05, 3.63) is 171 Å². The van der Waals surface area contributed by atoms with E-state index in [9.17, 15) is 57.2 Å². The Labute approximate surface area is 549 Å². The van der Waals surface area contributed by atoms with E-state index in [0.717, 1.165) is 56.3 Å². The van der Waals surface area contributed by atoms with E-state index in [4.69, 9.17) is 35.1 Å². The minimum atomic E-state index is -5.19. The molecule has 27 nitrogen and oxygen atoms in total. The Bertz CT molecular complexity index is 4370. The first-order valence-electron chi connectivity index (χ1n) is 29.5. The summed E-state index contributed by atoms with van der Waals surface area (Å²) in [5.41, 5.74) is 9.25. The fourth-order valence-corrected chi connectivity index (χ4v) is 13.7. The molecule has 0 unspecified atom stereocenters. The van der Waals surface area contributed by atoms with Crippen molar-refractivity contribution in [1.82, 2.24) is 44.7 Å². The van der Waals surface area contributed by atoms with Crippen LogP contribution in [-0.2, 0) is 87.6 Å². The zero-order valence-corrected chi connectivity index (χ0v) is 55.5. The van der Waals surface area contributed by atoms with Crippen molar-refractivity contribution in [3.8, 4) is 39.5 Å². The summed E-state index contributed by atoms with van der Waals surface area (Å²) in [7, 11) is -18.1. The minimum Gasteiger partial charge on any atom is -0.488 e. The highest BCUT2D eigenvalue weighted by Gasteiger charge is 2.40. The Hall–Kier alpha value is -8.11. The summed E-state index contributed by atoms with van der Waals surface area (Å²) >= 11 is 6.81. The summed E-state index contributed by atoms with van der Waals surface area (Å²) in [5.74, 6) is -3.15. The van der Waals surface area contributed by atoms with E-state index >= 15 is 0 Å². The third-order valence-electron chi connectivity index (χ3n) is 16.0. The first kappa shape index (κ1) is 70.2. The quantitative estimate of drug-likeness (QED) is 0.0332. The number of carbonyl (C=O) groups is 3. The van der Waals surface area contributed by atoms with Crippen molar-refractivity contribution in [3.63, 3.8) is 0 Å². The van der Waals surface area contributed by atoms with Crippen molar-refractivity contribution in [2.75, 3.05) is 63.6 Å². The maximum absolute atomic E-state index is 13.7. The van der Waals surface area contributed by atoms with Gasteiger partial charge in [-0.15, -0.1) is 5.10 Å². The van der Waals surface area contributed by atoms with Crippen molar-refractivity contribution in [1.29, 1.82) is 0 Å². The number of hydrogen-bond donors (Lipinski definition) is 5.